The van der Waals surface area contributed by atoms with E-state index < -0.39 is 11.0 Å². The predicted octanol–water partition coefficient (Wildman–Crippen LogP) is 1.60. The van der Waals surface area contributed by atoms with Gasteiger partial charge in [0.05, 0.1) is 34.5 Å². The number of benzene rings is 1. The van der Waals surface area contributed by atoms with Gasteiger partial charge in [-0.25, -0.2) is 8.93 Å². The van der Waals surface area contributed by atoms with Gasteiger partial charge in [0.25, 0.3) is 0 Å². The maximum atomic E-state index is 12.2. The lowest BCUT2D eigenvalue weighted by Crippen LogP contribution is -2.67. The molecule has 1 fully saturated rings. The Labute approximate surface area is 123 Å². The van der Waals surface area contributed by atoms with Crippen LogP contribution in [0.5, 0.6) is 0 Å². The highest BCUT2D eigenvalue weighted by molar-refractivity contribution is 7.84. The van der Waals surface area contributed by atoms with Crippen molar-refractivity contribution in [1.82, 2.24) is 10.0 Å². The summed E-state index contributed by atoms with van der Waals surface area (Å²) in [6.45, 7) is 8.70. The van der Waals surface area contributed by atoms with E-state index in [0.717, 1.165) is 13.1 Å². The van der Waals surface area contributed by atoms with Crippen molar-refractivity contribution in [3.8, 4) is 0 Å². The standard InChI is InChI=1S/C15H24N2O2S/c1-14(2,3)20(18)17-15(11-19-12-15)10-16-9-13-7-5-4-6-8-13/h4-8,16-17H,9-12H2,1-3H3. The number of ether oxygens (including phenoxy) is 1. The largest absolute Gasteiger partial charge is 0.377 e. The highest BCUT2D eigenvalue weighted by Crippen LogP contribution is 2.20. The normalized spacial score (nSPS) is 19.4. The second-order valence-electron chi connectivity index (χ2n) is 6.35. The third kappa shape index (κ3) is 4.12. The Kier molecular flexibility index (Phi) is 4.96. The van der Waals surface area contributed by atoms with Gasteiger partial charge in [-0.05, 0) is 26.3 Å². The minimum atomic E-state index is -1.07. The Morgan fingerprint density at radius 1 is 1.25 bits per heavy atom. The fourth-order valence-electron chi connectivity index (χ4n) is 1.94. The lowest BCUT2D eigenvalue weighted by molar-refractivity contribution is -0.0609. The van der Waals surface area contributed by atoms with E-state index in [9.17, 15) is 4.21 Å². The second kappa shape index (κ2) is 6.35. The van der Waals surface area contributed by atoms with Gasteiger partial charge in [0.15, 0.2) is 0 Å². The van der Waals surface area contributed by atoms with E-state index in [1.807, 2.05) is 39.0 Å². The van der Waals surface area contributed by atoms with Crippen LogP contribution in [0.2, 0.25) is 0 Å². The molecule has 2 rings (SSSR count). The first-order valence-electron chi connectivity index (χ1n) is 6.93. The quantitative estimate of drug-likeness (QED) is 0.838. The first kappa shape index (κ1) is 15.6. The molecule has 1 saturated heterocycles. The Hall–Kier alpha value is -0.750. The molecule has 5 heteroatoms. The van der Waals surface area contributed by atoms with Crippen molar-refractivity contribution in [1.29, 1.82) is 0 Å². The van der Waals surface area contributed by atoms with Crippen molar-refractivity contribution in [3.05, 3.63) is 35.9 Å². The van der Waals surface area contributed by atoms with Gasteiger partial charge >= 0.3 is 0 Å². The third-order valence-corrected chi connectivity index (χ3v) is 4.99. The number of nitrogens with one attached hydrogen (secondary N) is 2. The zero-order valence-corrected chi connectivity index (χ0v) is 13.3. The smallest absolute Gasteiger partial charge is 0.0977 e. The molecule has 1 unspecified atom stereocenters. The van der Waals surface area contributed by atoms with Crippen LogP contribution in [0.3, 0.4) is 0 Å². The molecular formula is C15H24N2O2S. The molecule has 0 radical (unpaired) electrons. The maximum absolute atomic E-state index is 12.2. The van der Waals surface area contributed by atoms with Gasteiger partial charge in [-0.3, -0.25) is 0 Å². The van der Waals surface area contributed by atoms with E-state index in [1.165, 1.54) is 5.56 Å². The van der Waals surface area contributed by atoms with Crippen molar-refractivity contribution in [3.63, 3.8) is 0 Å². The van der Waals surface area contributed by atoms with Crippen molar-refractivity contribution in [2.24, 2.45) is 0 Å². The molecule has 2 N–H and O–H groups in total. The molecule has 0 bridgehead atoms. The Bertz CT molecular complexity index is 453. The molecule has 1 heterocycles. The van der Waals surface area contributed by atoms with E-state index in [1.54, 1.807) is 0 Å². The van der Waals surface area contributed by atoms with E-state index >= 15 is 0 Å². The van der Waals surface area contributed by atoms with Crippen LogP contribution < -0.4 is 10.0 Å². The third-order valence-electron chi connectivity index (χ3n) is 3.26. The summed E-state index contributed by atoms with van der Waals surface area (Å²) in [6.07, 6.45) is 0. The predicted molar refractivity (Wildman–Crippen MR) is 82.7 cm³/mol. The highest BCUT2D eigenvalue weighted by atomic mass is 32.2. The first-order valence-corrected chi connectivity index (χ1v) is 8.08. The lowest BCUT2D eigenvalue weighted by Gasteiger charge is -2.43. The van der Waals surface area contributed by atoms with Crippen molar-refractivity contribution in [2.45, 2.75) is 37.6 Å². The minimum Gasteiger partial charge on any atom is -0.377 e. The summed E-state index contributed by atoms with van der Waals surface area (Å²) in [5, 5.41) is 3.42. The molecule has 0 saturated carbocycles. The molecule has 20 heavy (non-hydrogen) atoms. The Morgan fingerprint density at radius 2 is 1.90 bits per heavy atom. The van der Waals surface area contributed by atoms with Crippen LogP contribution in [0.25, 0.3) is 0 Å². The zero-order chi connectivity index (χ0) is 14.6. The van der Waals surface area contributed by atoms with Gasteiger partial charge in [-0.2, -0.15) is 0 Å². The topological polar surface area (TPSA) is 50.4 Å². The van der Waals surface area contributed by atoms with Crippen LogP contribution in [-0.4, -0.2) is 34.3 Å². The van der Waals surface area contributed by atoms with Gasteiger partial charge in [0.1, 0.15) is 0 Å². The van der Waals surface area contributed by atoms with Gasteiger partial charge in [-0.1, -0.05) is 30.3 Å². The summed E-state index contributed by atoms with van der Waals surface area (Å²) >= 11 is 0. The second-order valence-corrected chi connectivity index (χ2v) is 8.31. The number of hydrogen-bond donors (Lipinski definition) is 2. The number of rotatable bonds is 6. The van der Waals surface area contributed by atoms with Crippen LogP contribution in [0.15, 0.2) is 30.3 Å². The molecule has 4 nitrogen and oxygen atoms in total. The summed E-state index contributed by atoms with van der Waals surface area (Å²) in [7, 11) is -1.07. The summed E-state index contributed by atoms with van der Waals surface area (Å²) < 4.78 is 20.5. The average Bonchev–Trinajstić information content (AvgIpc) is 2.35. The van der Waals surface area contributed by atoms with Crippen LogP contribution in [-0.2, 0) is 22.3 Å². The summed E-state index contributed by atoms with van der Waals surface area (Å²) in [5.74, 6) is 0. The fourth-order valence-corrected chi connectivity index (χ4v) is 2.83. The monoisotopic (exact) mass is 296 g/mol. The molecule has 1 atom stereocenters. The van der Waals surface area contributed by atoms with E-state index in [0.29, 0.717) is 13.2 Å². The molecule has 1 aliphatic heterocycles. The average molecular weight is 296 g/mol. The van der Waals surface area contributed by atoms with Crippen molar-refractivity contribution < 1.29 is 8.95 Å². The van der Waals surface area contributed by atoms with Crippen molar-refractivity contribution >= 4 is 11.0 Å². The van der Waals surface area contributed by atoms with Gasteiger partial charge in [0.2, 0.25) is 0 Å². The molecule has 0 spiro atoms. The molecule has 1 aromatic rings. The van der Waals surface area contributed by atoms with Crippen molar-refractivity contribution in [2.75, 3.05) is 19.8 Å². The van der Waals surface area contributed by atoms with Crippen LogP contribution in [0.1, 0.15) is 26.3 Å². The highest BCUT2D eigenvalue weighted by Gasteiger charge is 2.41. The molecule has 0 aliphatic carbocycles. The Morgan fingerprint density at radius 3 is 2.40 bits per heavy atom. The lowest BCUT2D eigenvalue weighted by atomic mass is 9.99. The van der Waals surface area contributed by atoms with Crippen LogP contribution >= 0.6 is 0 Å². The Balaban J connectivity index is 1.84. The fraction of sp³-hybridized carbons (Fsp3) is 0.600. The zero-order valence-electron chi connectivity index (χ0n) is 12.4. The van der Waals surface area contributed by atoms with Gasteiger partial charge < -0.3 is 10.1 Å². The summed E-state index contributed by atoms with van der Waals surface area (Å²) in [5.41, 5.74) is 1.05. The SMILES string of the molecule is CC(C)(C)S(=O)NC1(CNCc2ccccc2)COC1. The molecule has 1 aromatic carbocycles. The van der Waals surface area contributed by atoms with E-state index in [4.69, 9.17) is 4.74 Å². The molecule has 112 valence electrons. The number of hydrogen-bond acceptors (Lipinski definition) is 3. The van der Waals surface area contributed by atoms with Gasteiger partial charge in [-0.15, -0.1) is 0 Å². The van der Waals surface area contributed by atoms with Crippen LogP contribution in [0.4, 0.5) is 0 Å². The molecule has 0 amide bonds. The summed E-state index contributed by atoms with van der Waals surface area (Å²) in [6, 6.07) is 10.3. The van der Waals surface area contributed by atoms with Gasteiger partial charge in [0, 0.05) is 13.1 Å². The maximum Gasteiger partial charge on any atom is 0.0977 e. The van der Waals surface area contributed by atoms with E-state index in [-0.39, 0.29) is 10.3 Å². The molecule has 1 aliphatic rings. The van der Waals surface area contributed by atoms with Crippen LogP contribution in [0, 0.1) is 0 Å². The minimum absolute atomic E-state index is 0.201. The van der Waals surface area contributed by atoms with E-state index in [2.05, 4.69) is 22.2 Å². The molecular weight excluding hydrogens is 272 g/mol. The summed E-state index contributed by atoms with van der Waals surface area (Å²) in [4.78, 5) is 0. The first-order chi connectivity index (χ1) is 9.41. The molecule has 0 aromatic heterocycles.